The summed E-state index contributed by atoms with van der Waals surface area (Å²) in [4.78, 5) is 17.5. The summed E-state index contributed by atoms with van der Waals surface area (Å²) in [6.45, 7) is 1.37. The van der Waals surface area contributed by atoms with Gasteiger partial charge in [-0.15, -0.1) is 0 Å². The van der Waals surface area contributed by atoms with Gasteiger partial charge in [-0.1, -0.05) is 41.9 Å². The molecule has 0 fully saturated rings. The van der Waals surface area contributed by atoms with Crippen LogP contribution in [0.25, 0.3) is 0 Å². The minimum atomic E-state index is -0.202. The molecule has 1 N–H and O–H groups in total. The van der Waals surface area contributed by atoms with Crippen molar-refractivity contribution in [2.75, 3.05) is 44.1 Å². The van der Waals surface area contributed by atoms with Crippen LogP contribution >= 0.6 is 11.6 Å². The van der Waals surface area contributed by atoms with Gasteiger partial charge >= 0.3 is 0 Å². The highest BCUT2D eigenvalue weighted by atomic mass is 35.5. The van der Waals surface area contributed by atoms with Gasteiger partial charge in [0.1, 0.15) is 5.75 Å². The zero-order valence-corrected chi connectivity index (χ0v) is 19.4. The first-order chi connectivity index (χ1) is 15.5. The van der Waals surface area contributed by atoms with Gasteiger partial charge in [0.2, 0.25) is 0 Å². The maximum atomic E-state index is 13.0. The minimum Gasteiger partial charge on any atom is -0.496 e. The lowest BCUT2D eigenvalue weighted by atomic mass is 10.0. The number of benzene rings is 3. The molecule has 0 saturated heterocycles. The molecule has 1 heterocycles. The van der Waals surface area contributed by atoms with E-state index in [0.29, 0.717) is 22.9 Å². The van der Waals surface area contributed by atoms with Crippen LogP contribution in [0.15, 0.2) is 66.7 Å². The molecule has 166 valence electrons. The van der Waals surface area contributed by atoms with Crippen molar-refractivity contribution < 1.29 is 9.53 Å². The standard InChI is InChI=1S/C26H28ClN3O2/c1-29(2)21-11-8-19(9-12-21)24(30-15-14-18-6-4-5-7-23(18)30)17-28-26(31)22-16-20(27)10-13-25(22)32-3/h4-13,16,24H,14-15,17H2,1-3H3,(H,28,31)/t24-/m0/s1. The summed E-state index contributed by atoms with van der Waals surface area (Å²) in [5.41, 5.74) is 5.30. The molecule has 6 heteroatoms. The van der Waals surface area contributed by atoms with Crippen molar-refractivity contribution in [1.29, 1.82) is 0 Å². The SMILES string of the molecule is COc1ccc(Cl)cc1C(=O)NC[C@@H](c1ccc(N(C)C)cc1)N1CCc2ccccc21. The minimum absolute atomic E-state index is 0.00370. The molecule has 0 saturated carbocycles. The summed E-state index contributed by atoms with van der Waals surface area (Å²) in [6.07, 6.45) is 0.999. The summed E-state index contributed by atoms with van der Waals surface area (Å²) >= 11 is 6.13. The molecule has 32 heavy (non-hydrogen) atoms. The van der Waals surface area contributed by atoms with E-state index >= 15 is 0 Å². The Balaban J connectivity index is 1.62. The van der Waals surface area contributed by atoms with Crippen LogP contribution in [0.2, 0.25) is 5.02 Å². The number of methoxy groups -OCH3 is 1. The second-order valence-corrected chi connectivity index (χ2v) is 8.56. The molecule has 1 aliphatic rings. The van der Waals surface area contributed by atoms with Crippen LogP contribution in [0.3, 0.4) is 0 Å². The van der Waals surface area contributed by atoms with Crippen molar-refractivity contribution in [3.05, 3.63) is 88.4 Å². The number of ether oxygens (including phenoxy) is 1. The van der Waals surface area contributed by atoms with Crippen molar-refractivity contribution in [2.45, 2.75) is 12.5 Å². The number of rotatable bonds is 7. The Morgan fingerprint density at radius 2 is 1.88 bits per heavy atom. The highest BCUT2D eigenvalue weighted by molar-refractivity contribution is 6.31. The van der Waals surface area contributed by atoms with Gasteiger partial charge < -0.3 is 19.9 Å². The van der Waals surface area contributed by atoms with Gasteiger partial charge in [0.15, 0.2) is 0 Å². The lowest BCUT2D eigenvalue weighted by Crippen LogP contribution is -2.37. The van der Waals surface area contributed by atoms with Crippen LogP contribution < -0.4 is 19.9 Å². The summed E-state index contributed by atoms with van der Waals surface area (Å²) in [5.74, 6) is 0.303. The monoisotopic (exact) mass is 449 g/mol. The fourth-order valence-electron chi connectivity index (χ4n) is 4.23. The molecule has 3 aromatic rings. The fraction of sp³-hybridized carbons (Fsp3) is 0.269. The van der Waals surface area contributed by atoms with Crippen LogP contribution in [0.1, 0.15) is 27.5 Å². The molecular weight excluding hydrogens is 422 g/mol. The highest BCUT2D eigenvalue weighted by Gasteiger charge is 2.28. The van der Waals surface area contributed by atoms with Crippen LogP contribution in [0.4, 0.5) is 11.4 Å². The zero-order valence-electron chi connectivity index (χ0n) is 18.6. The third-order valence-corrected chi connectivity index (χ3v) is 6.19. The molecule has 0 bridgehead atoms. The first-order valence-electron chi connectivity index (χ1n) is 10.7. The van der Waals surface area contributed by atoms with E-state index in [4.69, 9.17) is 16.3 Å². The third-order valence-electron chi connectivity index (χ3n) is 5.96. The van der Waals surface area contributed by atoms with Gasteiger partial charge in [0, 0.05) is 43.6 Å². The van der Waals surface area contributed by atoms with Crippen molar-refractivity contribution in [3.8, 4) is 5.75 Å². The molecule has 3 aromatic carbocycles. The van der Waals surface area contributed by atoms with E-state index in [1.165, 1.54) is 11.3 Å². The summed E-state index contributed by atoms with van der Waals surface area (Å²) in [7, 11) is 5.61. The zero-order chi connectivity index (χ0) is 22.7. The Morgan fingerprint density at radius 1 is 1.12 bits per heavy atom. The number of hydrogen-bond donors (Lipinski definition) is 1. The largest absolute Gasteiger partial charge is 0.496 e. The molecule has 4 rings (SSSR count). The number of hydrogen-bond acceptors (Lipinski definition) is 4. The van der Waals surface area contributed by atoms with Gasteiger partial charge in [0.25, 0.3) is 5.91 Å². The van der Waals surface area contributed by atoms with Crippen molar-refractivity contribution in [2.24, 2.45) is 0 Å². The fourth-order valence-corrected chi connectivity index (χ4v) is 4.40. The van der Waals surface area contributed by atoms with E-state index < -0.39 is 0 Å². The third kappa shape index (κ3) is 4.53. The number of amides is 1. The van der Waals surface area contributed by atoms with Gasteiger partial charge in [-0.3, -0.25) is 4.79 Å². The first kappa shape index (κ1) is 22.0. The van der Waals surface area contributed by atoms with E-state index in [1.807, 2.05) is 14.1 Å². The Labute approximate surface area is 194 Å². The van der Waals surface area contributed by atoms with E-state index in [1.54, 1.807) is 25.3 Å². The lowest BCUT2D eigenvalue weighted by Gasteiger charge is -2.31. The Morgan fingerprint density at radius 3 is 2.59 bits per heavy atom. The Hall–Kier alpha value is -3.18. The number of para-hydroxylation sites is 1. The average Bonchev–Trinajstić information content (AvgIpc) is 3.23. The molecule has 1 atom stereocenters. The number of carbonyl (C=O) groups is 1. The van der Waals surface area contributed by atoms with E-state index in [9.17, 15) is 4.79 Å². The number of fused-ring (bicyclic) bond motifs is 1. The van der Waals surface area contributed by atoms with E-state index in [0.717, 1.165) is 24.2 Å². The summed E-state index contributed by atoms with van der Waals surface area (Å²) in [6, 6.07) is 22.1. The van der Waals surface area contributed by atoms with Crippen LogP contribution in [0.5, 0.6) is 5.75 Å². The maximum Gasteiger partial charge on any atom is 0.255 e. The van der Waals surface area contributed by atoms with Gasteiger partial charge in [-0.25, -0.2) is 0 Å². The van der Waals surface area contributed by atoms with Crippen molar-refractivity contribution in [3.63, 3.8) is 0 Å². The van der Waals surface area contributed by atoms with Crippen LogP contribution in [-0.2, 0) is 6.42 Å². The quantitative estimate of drug-likeness (QED) is 0.554. The van der Waals surface area contributed by atoms with E-state index in [-0.39, 0.29) is 11.9 Å². The molecule has 5 nitrogen and oxygen atoms in total. The van der Waals surface area contributed by atoms with Gasteiger partial charge in [-0.05, 0) is 53.9 Å². The van der Waals surface area contributed by atoms with Crippen LogP contribution in [-0.4, -0.2) is 40.2 Å². The molecule has 0 radical (unpaired) electrons. The summed E-state index contributed by atoms with van der Waals surface area (Å²) < 4.78 is 5.36. The Kier molecular flexibility index (Phi) is 6.56. The summed E-state index contributed by atoms with van der Waals surface area (Å²) in [5, 5.41) is 3.62. The Bertz CT molecular complexity index is 1100. The highest BCUT2D eigenvalue weighted by Crippen LogP contribution is 2.35. The smallest absolute Gasteiger partial charge is 0.255 e. The number of nitrogens with one attached hydrogen (secondary N) is 1. The lowest BCUT2D eigenvalue weighted by molar-refractivity contribution is 0.0948. The second-order valence-electron chi connectivity index (χ2n) is 8.13. The van der Waals surface area contributed by atoms with E-state index in [2.05, 4.69) is 63.6 Å². The molecule has 0 aromatic heterocycles. The van der Waals surface area contributed by atoms with Crippen LogP contribution in [0, 0.1) is 0 Å². The van der Waals surface area contributed by atoms with Crippen molar-refractivity contribution in [1.82, 2.24) is 5.32 Å². The first-order valence-corrected chi connectivity index (χ1v) is 11.1. The topological polar surface area (TPSA) is 44.8 Å². The number of carbonyl (C=O) groups excluding carboxylic acids is 1. The van der Waals surface area contributed by atoms with Crippen molar-refractivity contribution >= 4 is 28.9 Å². The molecule has 1 aliphatic heterocycles. The predicted octanol–water partition coefficient (Wildman–Crippen LogP) is 4.95. The molecular formula is C26H28ClN3O2. The predicted molar refractivity (Wildman–Crippen MR) is 131 cm³/mol. The molecule has 0 unspecified atom stereocenters. The number of halogens is 1. The number of anilines is 2. The molecule has 0 spiro atoms. The van der Waals surface area contributed by atoms with Gasteiger partial charge in [-0.2, -0.15) is 0 Å². The number of nitrogens with zero attached hydrogens (tertiary/aromatic N) is 2. The average molecular weight is 450 g/mol. The van der Waals surface area contributed by atoms with Gasteiger partial charge in [0.05, 0.1) is 18.7 Å². The normalized spacial score (nSPS) is 13.4. The second kappa shape index (κ2) is 9.53. The molecule has 1 amide bonds. The maximum absolute atomic E-state index is 13.0. The molecule has 0 aliphatic carbocycles.